The van der Waals surface area contributed by atoms with E-state index >= 15 is 0 Å². The summed E-state index contributed by atoms with van der Waals surface area (Å²) >= 11 is 19.7. The number of nitrogens with one attached hydrogen (secondary N) is 1. The van der Waals surface area contributed by atoms with Gasteiger partial charge in [0.25, 0.3) is 0 Å². The molecule has 0 saturated carbocycles. The average molecular weight is 406 g/mol. The van der Waals surface area contributed by atoms with Crippen molar-refractivity contribution < 1.29 is 9.18 Å². The Morgan fingerprint density at radius 2 is 2.00 bits per heavy atom. The van der Waals surface area contributed by atoms with Crippen LogP contribution in [0.4, 0.5) is 14.9 Å². The molecule has 1 unspecified atom stereocenters. The van der Waals surface area contributed by atoms with Crippen molar-refractivity contribution in [1.29, 1.82) is 0 Å². The van der Waals surface area contributed by atoms with Gasteiger partial charge in [-0.25, -0.2) is 9.18 Å². The van der Waals surface area contributed by atoms with Crippen LogP contribution < -0.4 is 5.32 Å². The van der Waals surface area contributed by atoms with Crippen LogP contribution in [-0.2, 0) is 0 Å². The minimum Gasteiger partial charge on any atom is -0.308 e. The van der Waals surface area contributed by atoms with Gasteiger partial charge in [0.15, 0.2) is 0 Å². The summed E-state index contributed by atoms with van der Waals surface area (Å²) < 4.78 is 13.2. The van der Waals surface area contributed by atoms with Crippen LogP contribution in [0.3, 0.4) is 0 Å². The molecule has 1 saturated heterocycles. The van der Waals surface area contributed by atoms with E-state index in [4.69, 9.17) is 34.8 Å². The molecular formula is C16H12Cl3FN2OS. The fourth-order valence-electron chi connectivity index (χ4n) is 2.42. The predicted octanol–water partition coefficient (Wildman–Crippen LogP) is 6.07. The van der Waals surface area contributed by atoms with Crippen molar-refractivity contribution in [2.45, 2.75) is 5.37 Å². The SMILES string of the molecule is O=C(Nc1ccc(F)c(Cl)c1)N1CCSC1c1cccc(Cl)c1Cl. The molecule has 1 N–H and O–H groups in total. The smallest absolute Gasteiger partial charge is 0.308 e. The molecule has 0 bridgehead atoms. The molecule has 1 atom stereocenters. The van der Waals surface area contributed by atoms with Crippen LogP contribution in [0.25, 0.3) is 0 Å². The van der Waals surface area contributed by atoms with E-state index in [2.05, 4.69) is 5.32 Å². The number of carbonyl (C=O) groups excluding carboxylic acids is 1. The molecule has 0 aliphatic carbocycles. The van der Waals surface area contributed by atoms with Gasteiger partial charge >= 0.3 is 6.03 Å². The zero-order valence-electron chi connectivity index (χ0n) is 12.2. The quantitative estimate of drug-likeness (QED) is 0.658. The van der Waals surface area contributed by atoms with E-state index in [1.165, 1.54) is 18.2 Å². The number of urea groups is 1. The number of benzene rings is 2. The van der Waals surface area contributed by atoms with E-state index in [1.807, 2.05) is 6.07 Å². The Morgan fingerprint density at radius 1 is 1.21 bits per heavy atom. The molecule has 3 nitrogen and oxygen atoms in total. The Labute approximate surface area is 158 Å². The van der Waals surface area contributed by atoms with Gasteiger partial charge in [-0.1, -0.05) is 46.9 Å². The standard InChI is InChI=1S/C16H12Cl3FN2OS/c17-11-3-1-2-10(14(11)19)15-22(6-7-24-15)16(23)21-9-4-5-13(20)12(18)8-9/h1-5,8,15H,6-7H2,(H,21,23). The highest BCUT2D eigenvalue weighted by atomic mass is 35.5. The topological polar surface area (TPSA) is 32.3 Å². The second-order valence-corrected chi connectivity index (χ2v) is 7.50. The molecule has 126 valence electrons. The predicted molar refractivity (Wildman–Crippen MR) is 98.8 cm³/mol. The Balaban J connectivity index is 1.81. The molecule has 8 heteroatoms. The van der Waals surface area contributed by atoms with Gasteiger partial charge in [0, 0.05) is 23.5 Å². The number of amides is 2. The fraction of sp³-hybridized carbons (Fsp3) is 0.188. The normalized spacial score (nSPS) is 17.2. The van der Waals surface area contributed by atoms with Crippen molar-refractivity contribution in [1.82, 2.24) is 4.90 Å². The van der Waals surface area contributed by atoms with E-state index in [1.54, 1.807) is 28.8 Å². The summed E-state index contributed by atoms with van der Waals surface area (Å²) in [5, 5.41) is 3.36. The molecule has 1 fully saturated rings. The largest absolute Gasteiger partial charge is 0.323 e. The third-order valence-electron chi connectivity index (χ3n) is 3.57. The first kappa shape index (κ1) is 17.7. The van der Waals surface area contributed by atoms with Crippen LogP contribution in [0, 0.1) is 5.82 Å². The van der Waals surface area contributed by atoms with Crippen molar-refractivity contribution in [3.05, 3.63) is 62.8 Å². The number of thioether (sulfide) groups is 1. The summed E-state index contributed by atoms with van der Waals surface area (Å²) in [4.78, 5) is 14.2. The number of rotatable bonds is 2. The lowest BCUT2D eigenvalue weighted by Gasteiger charge is -2.25. The molecule has 0 spiro atoms. The lowest BCUT2D eigenvalue weighted by Crippen LogP contribution is -2.34. The summed E-state index contributed by atoms with van der Waals surface area (Å²) in [6.07, 6.45) is 0. The Bertz CT molecular complexity index is 790. The molecule has 0 radical (unpaired) electrons. The van der Waals surface area contributed by atoms with Gasteiger partial charge < -0.3 is 10.2 Å². The Kier molecular flexibility index (Phi) is 5.45. The highest BCUT2D eigenvalue weighted by Crippen LogP contribution is 2.42. The minimum absolute atomic E-state index is 0.0435. The molecule has 0 aromatic heterocycles. The van der Waals surface area contributed by atoms with Crippen LogP contribution in [0.2, 0.25) is 15.1 Å². The summed E-state index contributed by atoms with van der Waals surface area (Å²) in [5.74, 6) is 0.250. The van der Waals surface area contributed by atoms with Crippen LogP contribution in [0.5, 0.6) is 0 Å². The zero-order chi connectivity index (χ0) is 17.3. The second kappa shape index (κ2) is 7.40. The van der Waals surface area contributed by atoms with E-state index < -0.39 is 5.82 Å². The summed E-state index contributed by atoms with van der Waals surface area (Å²) in [7, 11) is 0. The maximum Gasteiger partial charge on any atom is 0.323 e. The lowest BCUT2D eigenvalue weighted by molar-refractivity contribution is 0.214. The Morgan fingerprint density at radius 3 is 2.75 bits per heavy atom. The fourth-order valence-corrected chi connectivity index (χ4v) is 4.35. The van der Waals surface area contributed by atoms with Gasteiger partial charge in [0.1, 0.15) is 11.2 Å². The Hall–Kier alpha value is -1.14. The van der Waals surface area contributed by atoms with Crippen LogP contribution in [-0.4, -0.2) is 23.2 Å². The monoisotopic (exact) mass is 404 g/mol. The maximum absolute atomic E-state index is 13.2. The van der Waals surface area contributed by atoms with Gasteiger partial charge in [-0.2, -0.15) is 0 Å². The molecule has 3 rings (SSSR count). The van der Waals surface area contributed by atoms with Gasteiger partial charge in [-0.3, -0.25) is 0 Å². The van der Waals surface area contributed by atoms with Crippen LogP contribution >= 0.6 is 46.6 Å². The molecule has 2 aromatic carbocycles. The first-order valence-electron chi connectivity index (χ1n) is 7.05. The number of carbonyl (C=O) groups is 1. The van der Waals surface area contributed by atoms with Gasteiger partial charge in [0.05, 0.1) is 15.1 Å². The average Bonchev–Trinajstić information content (AvgIpc) is 3.03. The first-order valence-corrected chi connectivity index (χ1v) is 9.24. The molecule has 24 heavy (non-hydrogen) atoms. The van der Waals surface area contributed by atoms with Gasteiger partial charge in [-0.05, 0) is 24.3 Å². The third kappa shape index (κ3) is 3.59. The van der Waals surface area contributed by atoms with Crippen LogP contribution in [0.15, 0.2) is 36.4 Å². The maximum atomic E-state index is 13.2. The summed E-state index contributed by atoms with van der Waals surface area (Å²) in [5.41, 5.74) is 1.22. The van der Waals surface area contributed by atoms with Crippen molar-refractivity contribution in [3.63, 3.8) is 0 Å². The van der Waals surface area contributed by atoms with Gasteiger partial charge in [0.2, 0.25) is 0 Å². The molecule has 1 aliphatic heterocycles. The molecule has 2 amide bonds. The molecule has 1 aliphatic rings. The highest BCUT2D eigenvalue weighted by molar-refractivity contribution is 7.99. The van der Waals surface area contributed by atoms with E-state index in [0.29, 0.717) is 22.3 Å². The van der Waals surface area contributed by atoms with Crippen molar-refractivity contribution in [3.8, 4) is 0 Å². The third-order valence-corrected chi connectivity index (χ3v) is 5.94. The first-order chi connectivity index (χ1) is 11.5. The number of nitrogens with zero attached hydrogens (tertiary/aromatic N) is 1. The highest BCUT2D eigenvalue weighted by Gasteiger charge is 2.32. The van der Waals surface area contributed by atoms with Crippen molar-refractivity contribution in [2.75, 3.05) is 17.6 Å². The number of halogens is 4. The lowest BCUT2D eigenvalue weighted by atomic mass is 10.2. The number of hydrogen-bond donors (Lipinski definition) is 1. The van der Waals surface area contributed by atoms with E-state index in [9.17, 15) is 9.18 Å². The van der Waals surface area contributed by atoms with Gasteiger partial charge in [-0.15, -0.1) is 11.8 Å². The van der Waals surface area contributed by atoms with E-state index in [0.717, 1.165) is 11.3 Å². The number of anilines is 1. The minimum atomic E-state index is -0.532. The summed E-state index contributed by atoms with van der Waals surface area (Å²) in [6.45, 7) is 0.568. The van der Waals surface area contributed by atoms with Crippen molar-refractivity contribution in [2.24, 2.45) is 0 Å². The molecule has 1 heterocycles. The molecule has 2 aromatic rings. The number of hydrogen-bond acceptors (Lipinski definition) is 2. The second-order valence-electron chi connectivity index (χ2n) is 5.12. The van der Waals surface area contributed by atoms with Crippen molar-refractivity contribution >= 4 is 58.3 Å². The van der Waals surface area contributed by atoms with Crippen LogP contribution in [0.1, 0.15) is 10.9 Å². The molecular weight excluding hydrogens is 394 g/mol. The van der Waals surface area contributed by atoms with E-state index in [-0.39, 0.29) is 16.4 Å². The summed E-state index contributed by atoms with van der Waals surface area (Å²) in [6, 6.07) is 9.11. The zero-order valence-corrected chi connectivity index (χ0v) is 15.3.